The lowest BCUT2D eigenvalue weighted by Crippen LogP contribution is -2.13. The molecule has 0 atom stereocenters. The van der Waals surface area contributed by atoms with Gasteiger partial charge in [0.1, 0.15) is 0 Å². The number of hydrogen-bond donors (Lipinski definition) is 0. The fourth-order valence-electron chi connectivity index (χ4n) is 2.82. The molecule has 0 saturated heterocycles. The fourth-order valence-corrected chi connectivity index (χ4v) is 3.91. The molecule has 3 rings (SSSR count). The van der Waals surface area contributed by atoms with Crippen molar-refractivity contribution in [2.24, 2.45) is 0 Å². The molecule has 0 unspecified atom stereocenters. The van der Waals surface area contributed by atoms with Gasteiger partial charge in [-0.05, 0) is 30.7 Å². The first-order chi connectivity index (χ1) is 11.0. The van der Waals surface area contributed by atoms with Crippen molar-refractivity contribution in [3.05, 3.63) is 54.6 Å². The van der Waals surface area contributed by atoms with E-state index >= 15 is 0 Å². The Balaban J connectivity index is 2.62. The Labute approximate surface area is 153 Å². The van der Waals surface area contributed by atoms with Crippen molar-refractivity contribution < 1.29 is 0 Å². The van der Waals surface area contributed by atoms with E-state index in [0.29, 0.717) is 48.4 Å². The third kappa shape index (κ3) is 2.83. The third-order valence-corrected chi connectivity index (χ3v) is 4.98. The first-order valence-electron chi connectivity index (χ1n) is 7.25. The van der Waals surface area contributed by atoms with E-state index in [-0.39, 0.29) is 5.43 Å². The van der Waals surface area contributed by atoms with Crippen LogP contribution in [0.1, 0.15) is 19.8 Å². The predicted molar refractivity (Wildman–Crippen MR) is 101 cm³/mol. The van der Waals surface area contributed by atoms with Crippen LogP contribution in [0.25, 0.3) is 21.8 Å². The van der Waals surface area contributed by atoms with Crippen LogP contribution in [0.15, 0.2) is 29.1 Å². The molecule has 120 valence electrons. The maximum Gasteiger partial charge on any atom is 0.198 e. The van der Waals surface area contributed by atoms with Gasteiger partial charge in [-0.2, -0.15) is 0 Å². The third-order valence-electron chi connectivity index (χ3n) is 3.85. The molecule has 0 aliphatic heterocycles. The van der Waals surface area contributed by atoms with E-state index < -0.39 is 0 Å². The van der Waals surface area contributed by atoms with Gasteiger partial charge in [0.15, 0.2) is 5.43 Å². The van der Waals surface area contributed by atoms with Gasteiger partial charge in [-0.25, -0.2) is 0 Å². The minimum Gasteiger partial charge on any atom is -0.338 e. The fraction of sp³-hybridized carbons (Fsp3) is 0.235. The number of aryl methyl sites for hydroxylation is 1. The first-order valence-corrected chi connectivity index (χ1v) is 8.76. The maximum absolute atomic E-state index is 12.9. The lowest BCUT2D eigenvalue weighted by molar-refractivity contribution is 0.662. The van der Waals surface area contributed by atoms with E-state index in [9.17, 15) is 4.79 Å². The van der Waals surface area contributed by atoms with Gasteiger partial charge in [0.2, 0.25) is 0 Å². The van der Waals surface area contributed by atoms with Crippen LogP contribution in [0, 0.1) is 0 Å². The lowest BCUT2D eigenvalue weighted by atomic mass is 10.1. The number of rotatable bonds is 3. The molecule has 2 nitrogen and oxygen atoms in total. The summed E-state index contributed by atoms with van der Waals surface area (Å²) in [5.41, 5.74) is 1.06. The van der Waals surface area contributed by atoms with Gasteiger partial charge >= 0.3 is 0 Å². The molecule has 1 aromatic heterocycles. The van der Waals surface area contributed by atoms with Gasteiger partial charge < -0.3 is 4.57 Å². The number of fused-ring (bicyclic) bond motifs is 2. The van der Waals surface area contributed by atoms with E-state index in [1.807, 2.05) is 4.57 Å². The SMILES string of the molecule is CCCCn1c2c(Cl)cc(Cl)cc2c(=O)c2c(Cl)ccc(Cl)c21. The molecule has 23 heavy (non-hydrogen) atoms. The van der Waals surface area contributed by atoms with Gasteiger partial charge in [0, 0.05) is 17.0 Å². The summed E-state index contributed by atoms with van der Waals surface area (Å²) in [5, 5.41) is 2.55. The predicted octanol–water partition coefficient (Wildman–Crippen LogP) is 6.57. The Morgan fingerprint density at radius 1 is 0.957 bits per heavy atom. The lowest BCUT2D eigenvalue weighted by Gasteiger charge is -2.18. The molecule has 0 radical (unpaired) electrons. The van der Waals surface area contributed by atoms with Crippen molar-refractivity contribution in [2.45, 2.75) is 26.3 Å². The smallest absolute Gasteiger partial charge is 0.198 e. The molecular formula is C17H13Cl4NO. The van der Waals surface area contributed by atoms with Crippen LogP contribution in [0.2, 0.25) is 20.1 Å². The number of halogens is 4. The highest BCUT2D eigenvalue weighted by molar-refractivity contribution is 6.41. The standard InChI is InChI=1S/C17H13Cl4NO/c1-2-3-6-22-15-10(7-9(18)8-13(15)21)17(23)14-11(19)4-5-12(20)16(14)22/h4-5,7-8H,2-3,6H2,1H3. The summed E-state index contributed by atoms with van der Waals surface area (Å²) in [7, 11) is 0. The average molecular weight is 389 g/mol. The van der Waals surface area contributed by atoms with Crippen LogP contribution in [-0.2, 0) is 6.54 Å². The Morgan fingerprint density at radius 3 is 2.35 bits per heavy atom. The number of aromatic nitrogens is 1. The normalized spacial score (nSPS) is 11.5. The monoisotopic (exact) mass is 387 g/mol. The second-order valence-corrected chi connectivity index (χ2v) is 7.03. The zero-order valence-corrected chi connectivity index (χ0v) is 15.3. The quantitative estimate of drug-likeness (QED) is 0.465. The summed E-state index contributed by atoms with van der Waals surface area (Å²) in [5.74, 6) is 0. The molecule has 3 aromatic rings. The van der Waals surface area contributed by atoms with Crippen molar-refractivity contribution in [3.8, 4) is 0 Å². The number of nitrogens with zero attached hydrogens (tertiary/aromatic N) is 1. The van der Waals surface area contributed by atoms with Crippen molar-refractivity contribution in [1.29, 1.82) is 0 Å². The largest absolute Gasteiger partial charge is 0.338 e. The number of hydrogen-bond acceptors (Lipinski definition) is 1. The van der Waals surface area contributed by atoms with E-state index in [1.54, 1.807) is 24.3 Å². The molecule has 0 aliphatic rings. The molecule has 1 heterocycles. The van der Waals surface area contributed by atoms with Crippen molar-refractivity contribution in [1.82, 2.24) is 4.57 Å². The van der Waals surface area contributed by atoms with Gasteiger partial charge in [-0.15, -0.1) is 0 Å². The van der Waals surface area contributed by atoms with Gasteiger partial charge in [0.25, 0.3) is 0 Å². The topological polar surface area (TPSA) is 22.0 Å². The molecule has 6 heteroatoms. The average Bonchev–Trinajstić information content (AvgIpc) is 2.50. The van der Waals surface area contributed by atoms with E-state index in [1.165, 1.54) is 0 Å². The zero-order chi connectivity index (χ0) is 16.7. The number of pyridine rings is 1. The Bertz CT molecular complexity index is 978. The van der Waals surface area contributed by atoms with Crippen molar-refractivity contribution in [3.63, 3.8) is 0 Å². The minimum atomic E-state index is -0.209. The molecule has 0 bridgehead atoms. The Hall–Kier alpha value is -0.930. The van der Waals surface area contributed by atoms with Crippen LogP contribution in [0.4, 0.5) is 0 Å². The van der Waals surface area contributed by atoms with Crippen LogP contribution in [-0.4, -0.2) is 4.57 Å². The van der Waals surface area contributed by atoms with E-state index in [4.69, 9.17) is 46.4 Å². The maximum atomic E-state index is 12.9. The second kappa shape index (κ2) is 6.52. The zero-order valence-electron chi connectivity index (χ0n) is 12.3. The van der Waals surface area contributed by atoms with E-state index in [0.717, 1.165) is 12.8 Å². The highest BCUT2D eigenvalue weighted by Crippen LogP contribution is 2.34. The minimum absolute atomic E-state index is 0.209. The number of unbranched alkanes of at least 4 members (excludes halogenated alkanes) is 1. The molecule has 0 fully saturated rings. The van der Waals surface area contributed by atoms with E-state index in [2.05, 4.69) is 6.92 Å². The summed E-state index contributed by atoms with van der Waals surface area (Å²) in [6.45, 7) is 2.78. The van der Waals surface area contributed by atoms with Gasteiger partial charge in [0.05, 0.1) is 31.5 Å². The highest BCUT2D eigenvalue weighted by atomic mass is 35.5. The van der Waals surface area contributed by atoms with Crippen LogP contribution in [0.5, 0.6) is 0 Å². The molecule has 2 aromatic carbocycles. The Kier molecular flexibility index (Phi) is 4.80. The highest BCUT2D eigenvalue weighted by Gasteiger charge is 2.18. The first kappa shape index (κ1) is 16.9. The molecule has 0 N–H and O–H groups in total. The molecule has 0 saturated carbocycles. The summed E-state index contributed by atoms with van der Waals surface area (Å²) in [6, 6.07) is 6.60. The number of benzene rings is 2. The summed E-state index contributed by atoms with van der Waals surface area (Å²) >= 11 is 25.1. The summed E-state index contributed by atoms with van der Waals surface area (Å²) < 4.78 is 1.97. The Morgan fingerprint density at radius 2 is 1.65 bits per heavy atom. The van der Waals surface area contributed by atoms with Gasteiger partial charge in [-0.3, -0.25) is 4.79 Å². The summed E-state index contributed by atoms with van der Waals surface area (Å²) in [6.07, 6.45) is 1.92. The summed E-state index contributed by atoms with van der Waals surface area (Å²) in [4.78, 5) is 12.9. The second-order valence-electron chi connectivity index (χ2n) is 5.37. The van der Waals surface area contributed by atoms with Crippen molar-refractivity contribution in [2.75, 3.05) is 0 Å². The van der Waals surface area contributed by atoms with Crippen molar-refractivity contribution >= 4 is 68.2 Å². The molecule has 0 amide bonds. The van der Waals surface area contributed by atoms with Crippen LogP contribution >= 0.6 is 46.4 Å². The van der Waals surface area contributed by atoms with Crippen LogP contribution in [0.3, 0.4) is 0 Å². The molecule has 0 aliphatic carbocycles. The van der Waals surface area contributed by atoms with Gasteiger partial charge in [-0.1, -0.05) is 59.7 Å². The van der Waals surface area contributed by atoms with Crippen LogP contribution < -0.4 is 5.43 Å². The molecule has 0 spiro atoms. The molecular weight excluding hydrogens is 376 g/mol.